The summed E-state index contributed by atoms with van der Waals surface area (Å²) in [5.41, 5.74) is 0.731. The minimum Gasteiger partial charge on any atom is -0.477 e. The summed E-state index contributed by atoms with van der Waals surface area (Å²) >= 11 is 0. The monoisotopic (exact) mass is 391 g/mol. The van der Waals surface area contributed by atoms with Crippen LogP contribution in [-0.2, 0) is 29.0 Å². The summed E-state index contributed by atoms with van der Waals surface area (Å²) in [6, 6.07) is 0. The van der Waals surface area contributed by atoms with Crippen molar-refractivity contribution in [3.05, 3.63) is 33.2 Å². The van der Waals surface area contributed by atoms with E-state index in [1.54, 1.807) is 11.1 Å². The molecule has 2 aliphatic rings. The van der Waals surface area contributed by atoms with E-state index in [0.29, 0.717) is 31.6 Å². The average Bonchev–Trinajstić information content (AvgIpc) is 2.60. The molecular formula is C20H29N3O5. The lowest BCUT2D eigenvalue weighted by molar-refractivity contribution is -0.129. The standard InChI is InChI=1S/C20H29N3O5/c1-13-9-21(10-14(2)28-13)6-4-7-23-12-16-11-22(15(3)24)8-5-17(16)18(19(23)25)20(26)27/h12-14H,4-11H2,1-3H3,(H,26,27)/t13-,14+. The molecule has 1 aromatic heterocycles. The second-order valence-corrected chi connectivity index (χ2v) is 7.87. The lowest BCUT2D eigenvalue weighted by Gasteiger charge is -2.35. The lowest BCUT2D eigenvalue weighted by Crippen LogP contribution is -2.46. The Bertz CT molecular complexity index is 809. The van der Waals surface area contributed by atoms with E-state index in [2.05, 4.69) is 18.7 Å². The second-order valence-electron chi connectivity index (χ2n) is 7.87. The molecule has 1 aromatic rings. The smallest absolute Gasteiger partial charge is 0.341 e. The van der Waals surface area contributed by atoms with Crippen molar-refractivity contribution in [1.82, 2.24) is 14.4 Å². The van der Waals surface area contributed by atoms with Gasteiger partial charge >= 0.3 is 5.97 Å². The number of carbonyl (C=O) groups is 2. The second kappa shape index (κ2) is 8.45. The molecule has 154 valence electrons. The lowest BCUT2D eigenvalue weighted by atomic mass is 9.96. The fourth-order valence-corrected chi connectivity index (χ4v) is 4.30. The van der Waals surface area contributed by atoms with Crippen molar-refractivity contribution >= 4 is 11.9 Å². The van der Waals surface area contributed by atoms with Crippen molar-refractivity contribution in [2.45, 2.75) is 58.9 Å². The number of morpholine rings is 1. The zero-order valence-electron chi connectivity index (χ0n) is 16.8. The molecule has 8 heteroatoms. The maximum atomic E-state index is 12.8. The van der Waals surface area contributed by atoms with Crippen molar-refractivity contribution in [2.24, 2.45) is 0 Å². The molecule has 3 heterocycles. The Hall–Kier alpha value is -2.19. The first-order valence-electron chi connectivity index (χ1n) is 9.88. The number of hydrogen-bond acceptors (Lipinski definition) is 5. The van der Waals surface area contributed by atoms with E-state index < -0.39 is 11.5 Å². The number of nitrogens with zero attached hydrogens (tertiary/aromatic N) is 3. The SMILES string of the molecule is CC(=O)N1CCc2c(cn(CCCN3C[C@@H](C)O[C@@H](C)C3)c(=O)c2C(=O)O)C1. The number of carbonyl (C=O) groups excluding carboxylic acids is 1. The number of rotatable bonds is 5. The summed E-state index contributed by atoms with van der Waals surface area (Å²) < 4.78 is 7.24. The summed E-state index contributed by atoms with van der Waals surface area (Å²) in [4.78, 5) is 40.2. The van der Waals surface area contributed by atoms with Crippen LogP contribution >= 0.6 is 0 Å². The minimum absolute atomic E-state index is 0.0455. The van der Waals surface area contributed by atoms with Crippen molar-refractivity contribution in [1.29, 1.82) is 0 Å². The topological polar surface area (TPSA) is 92.1 Å². The third-order valence-electron chi connectivity index (χ3n) is 5.50. The summed E-state index contributed by atoms with van der Waals surface area (Å²) in [7, 11) is 0. The van der Waals surface area contributed by atoms with Gasteiger partial charge in [-0.2, -0.15) is 0 Å². The molecule has 28 heavy (non-hydrogen) atoms. The van der Waals surface area contributed by atoms with Gasteiger partial charge in [0, 0.05) is 52.4 Å². The van der Waals surface area contributed by atoms with E-state index in [9.17, 15) is 19.5 Å². The van der Waals surface area contributed by atoms with Crippen LogP contribution in [0.4, 0.5) is 0 Å². The van der Waals surface area contributed by atoms with Crippen LogP contribution in [0.1, 0.15) is 48.7 Å². The largest absolute Gasteiger partial charge is 0.477 e. The molecule has 1 N–H and O–H groups in total. The predicted molar refractivity (Wildman–Crippen MR) is 104 cm³/mol. The predicted octanol–water partition coefficient (Wildman–Crippen LogP) is 0.950. The van der Waals surface area contributed by atoms with Gasteiger partial charge < -0.3 is 19.3 Å². The molecule has 8 nitrogen and oxygen atoms in total. The quantitative estimate of drug-likeness (QED) is 0.804. The van der Waals surface area contributed by atoms with Gasteiger partial charge in [0.1, 0.15) is 5.56 Å². The molecule has 2 aliphatic heterocycles. The number of aryl methyl sites for hydroxylation is 1. The number of amides is 1. The first-order valence-corrected chi connectivity index (χ1v) is 9.88. The fourth-order valence-electron chi connectivity index (χ4n) is 4.30. The Labute approximate surface area is 164 Å². The molecule has 1 amide bonds. The molecule has 1 fully saturated rings. The molecule has 0 radical (unpaired) electrons. The number of pyridine rings is 1. The number of aromatic nitrogens is 1. The highest BCUT2D eigenvalue weighted by molar-refractivity contribution is 5.89. The molecule has 0 spiro atoms. The van der Waals surface area contributed by atoms with E-state index in [-0.39, 0.29) is 23.7 Å². The molecule has 0 aromatic carbocycles. The van der Waals surface area contributed by atoms with Crippen LogP contribution in [0.2, 0.25) is 0 Å². The third kappa shape index (κ3) is 4.44. The van der Waals surface area contributed by atoms with Crippen LogP contribution in [0, 0.1) is 0 Å². The number of carboxylic acids is 1. The van der Waals surface area contributed by atoms with Gasteiger partial charge in [0.05, 0.1) is 12.2 Å². The van der Waals surface area contributed by atoms with E-state index in [4.69, 9.17) is 4.74 Å². The molecule has 2 atom stereocenters. The van der Waals surface area contributed by atoms with Crippen LogP contribution in [0.25, 0.3) is 0 Å². The number of fused-ring (bicyclic) bond motifs is 1. The van der Waals surface area contributed by atoms with Gasteiger partial charge in [-0.15, -0.1) is 0 Å². The average molecular weight is 391 g/mol. The number of hydrogen-bond donors (Lipinski definition) is 1. The number of ether oxygens (including phenoxy) is 1. The maximum absolute atomic E-state index is 12.8. The number of aromatic carboxylic acids is 1. The Morgan fingerprint density at radius 1 is 1.21 bits per heavy atom. The van der Waals surface area contributed by atoms with Crippen molar-refractivity contribution < 1.29 is 19.4 Å². The molecule has 0 saturated carbocycles. The fraction of sp³-hybridized carbons (Fsp3) is 0.650. The highest BCUT2D eigenvalue weighted by Crippen LogP contribution is 2.21. The zero-order valence-corrected chi connectivity index (χ0v) is 16.8. The third-order valence-corrected chi connectivity index (χ3v) is 5.50. The Kier molecular flexibility index (Phi) is 6.20. The van der Waals surface area contributed by atoms with Crippen LogP contribution in [0.3, 0.4) is 0 Å². The van der Waals surface area contributed by atoms with Gasteiger partial charge in [-0.3, -0.25) is 14.5 Å². The Balaban J connectivity index is 1.76. The van der Waals surface area contributed by atoms with Crippen molar-refractivity contribution in [3.8, 4) is 0 Å². The molecule has 0 unspecified atom stereocenters. The minimum atomic E-state index is -1.19. The summed E-state index contributed by atoms with van der Waals surface area (Å²) in [6.45, 7) is 9.39. The van der Waals surface area contributed by atoms with E-state index in [0.717, 1.165) is 31.6 Å². The van der Waals surface area contributed by atoms with Gasteiger partial charge in [0.25, 0.3) is 5.56 Å². The van der Waals surface area contributed by atoms with Crippen LogP contribution < -0.4 is 5.56 Å². The van der Waals surface area contributed by atoms with Gasteiger partial charge in [-0.25, -0.2) is 4.79 Å². The van der Waals surface area contributed by atoms with Gasteiger partial charge in [0.15, 0.2) is 0 Å². The van der Waals surface area contributed by atoms with Gasteiger partial charge in [-0.05, 0) is 37.8 Å². The highest BCUT2D eigenvalue weighted by Gasteiger charge is 2.27. The highest BCUT2D eigenvalue weighted by atomic mass is 16.5. The Morgan fingerprint density at radius 3 is 2.50 bits per heavy atom. The van der Waals surface area contributed by atoms with E-state index in [1.807, 2.05) is 0 Å². The van der Waals surface area contributed by atoms with Gasteiger partial charge in [0.2, 0.25) is 5.91 Å². The normalized spacial score (nSPS) is 22.8. The molecular weight excluding hydrogens is 362 g/mol. The van der Waals surface area contributed by atoms with Crippen LogP contribution in [0.5, 0.6) is 0 Å². The molecule has 3 rings (SSSR count). The van der Waals surface area contributed by atoms with Crippen molar-refractivity contribution in [2.75, 3.05) is 26.2 Å². The Morgan fingerprint density at radius 2 is 1.89 bits per heavy atom. The molecule has 0 bridgehead atoms. The molecule has 0 aliphatic carbocycles. The molecule has 1 saturated heterocycles. The summed E-state index contributed by atoms with van der Waals surface area (Å²) in [6.07, 6.45) is 3.26. The zero-order chi connectivity index (χ0) is 20.4. The first-order chi connectivity index (χ1) is 13.3. The maximum Gasteiger partial charge on any atom is 0.341 e. The number of carboxylic acid groups (broad SMARTS) is 1. The summed E-state index contributed by atoms with van der Waals surface area (Å²) in [5, 5.41) is 9.59. The van der Waals surface area contributed by atoms with Crippen LogP contribution in [0.15, 0.2) is 11.0 Å². The van der Waals surface area contributed by atoms with E-state index >= 15 is 0 Å². The van der Waals surface area contributed by atoms with E-state index in [1.165, 1.54) is 11.5 Å². The van der Waals surface area contributed by atoms with Crippen molar-refractivity contribution in [3.63, 3.8) is 0 Å². The van der Waals surface area contributed by atoms with Crippen LogP contribution in [-0.4, -0.2) is 69.7 Å². The first kappa shape index (κ1) is 20.5. The summed E-state index contributed by atoms with van der Waals surface area (Å²) in [5.74, 6) is -1.24. The van der Waals surface area contributed by atoms with Gasteiger partial charge in [-0.1, -0.05) is 0 Å².